The zero-order valence-corrected chi connectivity index (χ0v) is 7.39. The van der Waals surface area contributed by atoms with Gasteiger partial charge in [0.05, 0.1) is 6.10 Å². The first-order valence-corrected chi connectivity index (χ1v) is 5.62. The minimum absolute atomic E-state index is 0.0694. The van der Waals surface area contributed by atoms with Gasteiger partial charge in [-0.25, -0.2) is 0 Å². The molecule has 1 nitrogen and oxygen atoms in total. The van der Waals surface area contributed by atoms with Crippen LogP contribution in [0.5, 0.6) is 0 Å². The standard InChI is InChI=1S/C9H14OS/c10-9-5-3-6-1-2-7(9)8(4-5)11-6/h5-10H,1-4H2/t5-,6+,7+,8+,9+/m1/s1. The van der Waals surface area contributed by atoms with E-state index in [1.807, 2.05) is 0 Å². The molecule has 2 heteroatoms. The van der Waals surface area contributed by atoms with Crippen molar-refractivity contribution in [2.75, 3.05) is 0 Å². The molecule has 0 amide bonds. The second-order valence-electron chi connectivity index (χ2n) is 4.26. The summed E-state index contributed by atoms with van der Waals surface area (Å²) in [6, 6.07) is 0. The maximum absolute atomic E-state index is 9.87. The van der Waals surface area contributed by atoms with Gasteiger partial charge in [0.15, 0.2) is 0 Å². The summed E-state index contributed by atoms with van der Waals surface area (Å²) in [5, 5.41) is 11.6. The average Bonchev–Trinajstić information content (AvgIpc) is 2.14. The Hall–Kier alpha value is 0.310. The maximum atomic E-state index is 9.87. The fraction of sp³-hybridized carbons (Fsp3) is 1.00. The van der Waals surface area contributed by atoms with Crippen LogP contribution in [-0.4, -0.2) is 21.7 Å². The molecule has 5 atom stereocenters. The fourth-order valence-electron chi connectivity index (χ4n) is 3.14. The Morgan fingerprint density at radius 1 is 1.18 bits per heavy atom. The summed E-state index contributed by atoms with van der Waals surface area (Å²) in [6.07, 6.45) is 5.37. The van der Waals surface area contributed by atoms with Crippen LogP contribution in [0.25, 0.3) is 0 Å². The molecule has 0 unspecified atom stereocenters. The highest BCUT2D eigenvalue weighted by atomic mass is 32.2. The minimum atomic E-state index is 0.0694. The Kier molecular flexibility index (Phi) is 1.34. The third-order valence-electron chi connectivity index (χ3n) is 3.69. The van der Waals surface area contributed by atoms with Gasteiger partial charge in [-0.15, -0.1) is 0 Å². The molecule has 3 rings (SSSR count). The molecule has 0 spiro atoms. The van der Waals surface area contributed by atoms with Gasteiger partial charge in [0.1, 0.15) is 0 Å². The first-order chi connectivity index (χ1) is 5.34. The number of rotatable bonds is 0. The predicted molar refractivity (Wildman–Crippen MR) is 46.6 cm³/mol. The molecule has 3 fully saturated rings. The average molecular weight is 170 g/mol. The number of hydrogen-bond acceptors (Lipinski definition) is 2. The quantitative estimate of drug-likeness (QED) is 0.596. The van der Waals surface area contributed by atoms with E-state index in [9.17, 15) is 5.11 Å². The zero-order valence-electron chi connectivity index (χ0n) is 6.57. The number of aliphatic hydroxyl groups excluding tert-OH is 1. The number of fused-ring (bicyclic) bond motifs is 2. The van der Waals surface area contributed by atoms with Crippen molar-refractivity contribution in [3.63, 3.8) is 0 Å². The molecule has 1 aliphatic carbocycles. The molecule has 2 aliphatic heterocycles. The van der Waals surface area contributed by atoms with Gasteiger partial charge in [-0.1, -0.05) is 0 Å². The number of hydrogen-bond donors (Lipinski definition) is 1. The van der Waals surface area contributed by atoms with Gasteiger partial charge in [0.2, 0.25) is 0 Å². The van der Waals surface area contributed by atoms with Crippen LogP contribution >= 0.6 is 11.8 Å². The summed E-state index contributed by atoms with van der Waals surface area (Å²) < 4.78 is 0. The lowest BCUT2D eigenvalue weighted by molar-refractivity contribution is 0.0955. The minimum Gasteiger partial charge on any atom is -0.393 e. The maximum Gasteiger partial charge on any atom is 0.0607 e. The van der Waals surface area contributed by atoms with Crippen LogP contribution < -0.4 is 0 Å². The molecule has 2 saturated heterocycles. The number of thioether (sulfide) groups is 1. The van der Waals surface area contributed by atoms with E-state index in [-0.39, 0.29) is 6.10 Å². The van der Waals surface area contributed by atoms with E-state index in [4.69, 9.17) is 0 Å². The molecule has 62 valence electrons. The first-order valence-electron chi connectivity index (χ1n) is 4.68. The highest BCUT2D eigenvalue weighted by Crippen LogP contribution is 2.55. The van der Waals surface area contributed by atoms with Crippen LogP contribution in [0.1, 0.15) is 25.7 Å². The topological polar surface area (TPSA) is 20.2 Å². The molecule has 0 aromatic carbocycles. The summed E-state index contributed by atoms with van der Waals surface area (Å²) in [5.41, 5.74) is 0. The Labute approximate surface area is 71.6 Å². The second-order valence-corrected chi connectivity index (χ2v) is 5.80. The van der Waals surface area contributed by atoms with Crippen molar-refractivity contribution < 1.29 is 5.11 Å². The van der Waals surface area contributed by atoms with Crippen LogP contribution in [0.15, 0.2) is 0 Å². The Balaban J connectivity index is 1.96. The molecule has 0 radical (unpaired) electrons. The van der Waals surface area contributed by atoms with E-state index in [1.165, 1.54) is 25.7 Å². The molecule has 3 bridgehead atoms. The molecular weight excluding hydrogens is 156 g/mol. The van der Waals surface area contributed by atoms with Gasteiger partial charge in [-0.3, -0.25) is 0 Å². The summed E-state index contributed by atoms with van der Waals surface area (Å²) in [5.74, 6) is 1.35. The lowest BCUT2D eigenvalue weighted by atomic mass is 9.99. The lowest BCUT2D eigenvalue weighted by Gasteiger charge is -2.32. The van der Waals surface area contributed by atoms with Gasteiger partial charge in [-0.2, -0.15) is 11.8 Å². The molecule has 0 aromatic heterocycles. The van der Waals surface area contributed by atoms with Crippen molar-refractivity contribution in [2.45, 2.75) is 42.3 Å². The molecule has 1 N–H and O–H groups in total. The normalized spacial score (nSPS) is 60.3. The first kappa shape index (κ1) is 6.79. The predicted octanol–water partition coefficient (Wildman–Crippen LogP) is 1.65. The molecule has 3 aliphatic rings. The van der Waals surface area contributed by atoms with E-state index in [0.29, 0.717) is 11.8 Å². The summed E-state index contributed by atoms with van der Waals surface area (Å²) in [6.45, 7) is 0. The van der Waals surface area contributed by atoms with Crippen LogP contribution in [0.3, 0.4) is 0 Å². The van der Waals surface area contributed by atoms with Crippen molar-refractivity contribution >= 4 is 11.8 Å². The Morgan fingerprint density at radius 3 is 3.00 bits per heavy atom. The summed E-state index contributed by atoms with van der Waals surface area (Å²) >= 11 is 2.17. The van der Waals surface area contributed by atoms with Crippen molar-refractivity contribution in [1.82, 2.24) is 0 Å². The largest absolute Gasteiger partial charge is 0.393 e. The molecule has 0 aromatic rings. The van der Waals surface area contributed by atoms with Crippen molar-refractivity contribution in [1.29, 1.82) is 0 Å². The number of aliphatic hydroxyl groups is 1. The highest BCUT2D eigenvalue weighted by Gasteiger charge is 2.50. The molecule has 2 heterocycles. The SMILES string of the molecule is O[C@H]1[C@@H]2C[C@@H]3CC[C@H]1[C@H](C2)S3. The Bertz CT molecular complexity index is 178. The monoisotopic (exact) mass is 170 g/mol. The van der Waals surface area contributed by atoms with Crippen molar-refractivity contribution in [3.8, 4) is 0 Å². The van der Waals surface area contributed by atoms with Crippen LogP contribution in [-0.2, 0) is 0 Å². The zero-order chi connectivity index (χ0) is 7.42. The van der Waals surface area contributed by atoms with E-state index in [1.54, 1.807) is 0 Å². The van der Waals surface area contributed by atoms with Gasteiger partial charge < -0.3 is 5.11 Å². The van der Waals surface area contributed by atoms with Gasteiger partial charge >= 0.3 is 0 Å². The van der Waals surface area contributed by atoms with Crippen LogP contribution in [0.4, 0.5) is 0 Å². The van der Waals surface area contributed by atoms with Gasteiger partial charge in [0.25, 0.3) is 0 Å². The van der Waals surface area contributed by atoms with Crippen LogP contribution in [0.2, 0.25) is 0 Å². The van der Waals surface area contributed by atoms with Crippen LogP contribution in [0, 0.1) is 11.8 Å². The van der Waals surface area contributed by atoms with Crippen molar-refractivity contribution in [3.05, 3.63) is 0 Å². The van der Waals surface area contributed by atoms with Gasteiger partial charge in [-0.05, 0) is 37.5 Å². The lowest BCUT2D eigenvalue weighted by Crippen LogP contribution is -2.26. The summed E-state index contributed by atoms with van der Waals surface area (Å²) in [7, 11) is 0. The van der Waals surface area contributed by atoms with Crippen molar-refractivity contribution in [2.24, 2.45) is 11.8 Å². The second kappa shape index (κ2) is 2.17. The third-order valence-corrected chi connectivity index (χ3v) is 5.39. The highest BCUT2D eigenvalue weighted by molar-refractivity contribution is 8.00. The van der Waals surface area contributed by atoms with Gasteiger partial charge in [0, 0.05) is 10.5 Å². The molecule has 1 saturated carbocycles. The van der Waals surface area contributed by atoms with E-state index in [0.717, 1.165) is 10.5 Å². The van der Waals surface area contributed by atoms with E-state index in [2.05, 4.69) is 11.8 Å². The molecular formula is C9H14OS. The third kappa shape index (κ3) is 0.829. The van der Waals surface area contributed by atoms with E-state index >= 15 is 0 Å². The Morgan fingerprint density at radius 2 is 2.09 bits per heavy atom. The van der Waals surface area contributed by atoms with E-state index < -0.39 is 0 Å². The fourth-order valence-corrected chi connectivity index (χ4v) is 5.12. The summed E-state index contributed by atoms with van der Waals surface area (Å²) in [4.78, 5) is 0. The molecule has 11 heavy (non-hydrogen) atoms. The smallest absolute Gasteiger partial charge is 0.0607 e.